The molecule has 6 nitrogen and oxygen atoms in total. The number of hydrogen-bond acceptors (Lipinski definition) is 5. The van der Waals surface area contributed by atoms with Gasteiger partial charge in [-0.3, -0.25) is 14.2 Å². The number of benzene rings is 2. The second kappa shape index (κ2) is 8.35. The quantitative estimate of drug-likeness (QED) is 0.458. The van der Waals surface area contributed by atoms with Gasteiger partial charge in [-0.2, -0.15) is 8.42 Å². The molecule has 0 aliphatic carbocycles. The van der Waals surface area contributed by atoms with Crippen LogP contribution < -0.4 is 0 Å². The molecule has 1 aromatic heterocycles. The summed E-state index contributed by atoms with van der Waals surface area (Å²) < 4.78 is 37.6. The van der Waals surface area contributed by atoms with Crippen LogP contribution in [0.4, 0.5) is 0 Å². The van der Waals surface area contributed by atoms with E-state index in [1.54, 1.807) is 18.2 Å². The Bertz CT molecular complexity index is 1210. The van der Waals surface area contributed by atoms with Crippen LogP contribution >= 0.6 is 11.8 Å². The third-order valence-electron chi connectivity index (χ3n) is 4.34. The number of carbonyl (C=O) groups is 1. The predicted octanol–water partition coefficient (Wildman–Crippen LogP) is 4.71. The van der Waals surface area contributed by atoms with Crippen molar-refractivity contribution in [3.8, 4) is 11.3 Å². The lowest BCUT2D eigenvalue weighted by Gasteiger charge is -2.16. The average Bonchev–Trinajstić information content (AvgIpc) is 3.33. The predicted molar refractivity (Wildman–Crippen MR) is 117 cm³/mol. The van der Waals surface area contributed by atoms with Crippen molar-refractivity contribution in [2.24, 2.45) is 0 Å². The van der Waals surface area contributed by atoms with Crippen LogP contribution in [-0.2, 0) is 14.9 Å². The Morgan fingerprint density at radius 3 is 2.30 bits per heavy atom. The molecule has 1 fully saturated rings. The Hall–Kier alpha value is -3.07. The van der Waals surface area contributed by atoms with Gasteiger partial charge >= 0.3 is 0 Å². The fraction of sp³-hybridized carbons (Fsp3) is 0.0455. The summed E-state index contributed by atoms with van der Waals surface area (Å²) in [6.07, 6.45) is 4.45. The standard InChI is InChI=1S/C22H17NO5S2/c24-21-20(15-18-11-12-19(28-18)17-9-5-2-6-10-17)29-22(30(25,26)27)23(21)14-13-16-7-3-1-4-8-16/h1-15,22H,(H,25,26,27). The monoisotopic (exact) mass is 439 g/mol. The van der Waals surface area contributed by atoms with Gasteiger partial charge in [-0.15, -0.1) is 0 Å². The fourth-order valence-electron chi connectivity index (χ4n) is 2.92. The van der Waals surface area contributed by atoms with E-state index in [9.17, 15) is 17.8 Å². The summed E-state index contributed by atoms with van der Waals surface area (Å²) in [6, 6.07) is 22.1. The zero-order chi connectivity index (χ0) is 21.1. The van der Waals surface area contributed by atoms with Gasteiger partial charge in [-0.05, 0) is 23.8 Å². The molecular weight excluding hydrogens is 422 g/mol. The van der Waals surface area contributed by atoms with Crippen molar-refractivity contribution in [3.05, 3.63) is 95.2 Å². The number of carbonyl (C=O) groups excluding carboxylic acids is 1. The van der Waals surface area contributed by atoms with E-state index in [0.717, 1.165) is 27.8 Å². The van der Waals surface area contributed by atoms with Gasteiger partial charge in [0.05, 0.1) is 4.91 Å². The van der Waals surface area contributed by atoms with E-state index in [0.29, 0.717) is 11.5 Å². The summed E-state index contributed by atoms with van der Waals surface area (Å²) in [5, 5.41) is 0. The minimum atomic E-state index is -4.51. The zero-order valence-electron chi connectivity index (χ0n) is 15.6. The molecule has 1 aliphatic rings. The van der Waals surface area contributed by atoms with Crippen molar-refractivity contribution >= 4 is 39.9 Å². The summed E-state index contributed by atoms with van der Waals surface area (Å²) in [6.45, 7) is 0. The summed E-state index contributed by atoms with van der Waals surface area (Å²) in [5.74, 6) is 0.505. The minimum Gasteiger partial charge on any atom is -0.457 e. The van der Waals surface area contributed by atoms with Gasteiger partial charge in [0.25, 0.3) is 16.0 Å². The smallest absolute Gasteiger partial charge is 0.297 e. The van der Waals surface area contributed by atoms with E-state index < -0.39 is 20.7 Å². The highest BCUT2D eigenvalue weighted by molar-refractivity contribution is 8.15. The average molecular weight is 440 g/mol. The first-order chi connectivity index (χ1) is 14.4. The number of amides is 1. The van der Waals surface area contributed by atoms with Crippen molar-refractivity contribution in [1.82, 2.24) is 4.90 Å². The van der Waals surface area contributed by atoms with E-state index in [1.165, 1.54) is 12.3 Å². The zero-order valence-corrected chi connectivity index (χ0v) is 17.2. The maximum absolute atomic E-state index is 12.8. The molecule has 1 atom stereocenters. The van der Waals surface area contributed by atoms with Crippen LogP contribution in [0.25, 0.3) is 23.5 Å². The highest BCUT2D eigenvalue weighted by Crippen LogP contribution is 2.39. The third-order valence-corrected chi connectivity index (χ3v) is 7.07. The molecule has 0 bridgehead atoms. The lowest BCUT2D eigenvalue weighted by Crippen LogP contribution is -2.32. The molecule has 8 heteroatoms. The van der Waals surface area contributed by atoms with Crippen LogP contribution in [0.15, 0.2) is 88.3 Å². The number of thioether (sulfide) groups is 1. The van der Waals surface area contributed by atoms with Crippen LogP contribution in [0.5, 0.6) is 0 Å². The molecular formula is C22H17NO5S2. The van der Waals surface area contributed by atoms with Gasteiger partial charge in [0, 0.05) is 17.8 Å². The third kappa shape index (κ3) is 4.40. The Morgan fingerprint density at radius 2 is 1.63 bits per heavy atom. The van der Waals surface area contributed by atoms with Gasteiger partial charge in [-0.1, -0.05) is 72.4 Å². The first-order valence-corrected chi connectivity index (χ1v) is 11.4. The van der Waals surface area contributed by atoms with E-state index in [4.69, 9.17) is 4.42 Å². The molecule has 0 spiro atoms. The van der Waals surface area contributed by atoms with Gasteiger partial charge < -0.3 is 4.42 Å². The molecule has 1 saturated heterocycles. The normalized spacial score (nSPS) is 18.6. The van der Waals surface area contributed by atoms with Crippen molar-refractivity contribution in [2.45, 2.75) is 4.71 Å². The molecule has 3 aromatic rings. The fourth-order valence-corrected chi connectivity index (χ4v) is 5.06. The molecule has 4 rings (SSSR count). The molecule has 0 radical (unpaired) electrons. The second-order valence-corrected chi connectivity index (χ2v) is 9.35. The van der Waals surface area contributed by atoms with Crippen LogP contribution in [0, 0.1) is 0 Å². The molecule has 2 heterocycles. The summed E-state index contributed by atoms with van der Waals surface area (Å²) >= 11 is 0.757. The van der Waals surface area contributed by atoms with Crippen molar-refractivity contribution < 1.29 is 22.2 Å². The molecule has 1 aliphatic heterocycles. The van der Waals surface area contributed by atoms with Crippen molar-refractivity contribution in [1.29, 1.82) is 0 Å². The van der Waals surface area contributed by atoms with E-state index in [1.807, 2.05) is 60.7 Å². The van der Waals surface area contributed by atoms with Crippen LogP contribution in [0.1, 0.15) is 11.3 Å². The largest absolute Gasteiger partial charge is 0.457 e. The summed E-state index contributed by atoms with van der Waals surface area (Å²) in [4.78, 5) is 14.0. The molecule has 1 amide bonds. The second-order valence-electron chi connectivity index (χ2n) is 6.46. The maximum Gasteiger partial charge on any atom is 0.297 e. The Balaban J connectivity index is 1.62. The number of hydrogen-bond donors (Lipinski definition) is 1. The van der Waals surface area contributed by atoms with Gasteiger partial charge in [0.1, 0.15) is 11.5 Å². The lowest BCUT2D eigenvalue weighted by molar-refractivity contribution is -0.122. The SMILES string of the molecule is O=C1C(=Cc2ccc(-c3ccccc3)o2)SC(S(=O)(=O)O)N1C=Cc1ccccc1. The summed E-state index contributed by atoms with van der Waals surface area (Å²) in [5.41, 5.74) is 1.68. The van der Waals surface area contributed by atoms with Gasteiger partial charge in [0.15, 0.2) is 0 Å². The highest BCUT2D eigenvalue weighted by atomic mass is 32.3. The number of furan rings is 1. The molecule has 1 N–H and O–H groups in total. The molecule has 152 valence electrons. The molecule has 1 unspecified atom stereocenters. The maximum atomic E-state index is 12.8. The lowest BCUT2D eigenvalue weighted by atomic mass is 10.2. The Kier molecular flexibility index (Phi) is 5.63. The molecule has 0 saturated carbocycles. The van der Waals surface area contributed by atoms with Gasteiger partial charge in [0.2, 0.25) is 4.71 Å². The first kappa shape index (κ1) is 20.2. The van der Waals surface area contributed by atoms with Crippen molar-refractivity contribution in [3.63, 3.8) is 0 Å². The van der Waals surface area contributed by atoms with E-state index >= 15 is 0 Å². The Morgan fingerprint density at radius 1 is 0.967 bits per heavy atom. The van der Waals surface area contributed by atoms with Gasteiger partial charge in [-0.25, -0.2) is 0 Å². The molecule has 30 heavy (non-hydrogen) atoms. The minimum absolute atomic E-state index is 0.157. The summed E-state index contributed by atoms with van der Waals surface area (Å²) in [7, 11) is -4.51. The number of nitrogens with zero attached hydrogens (tertiary/aromatic N) is 1. The van der Waals surface area contributed by atoms with Crippen LogP contribution in [0.2, 0.25) is 0 Å². The van der Waals surface area contributed by atoms with E-state index in [2.05, 4.69) is 0 Å². The van der Waals surface area contributed by atoms with Crippen LogP contribution in [0.3, 0.4) is 0 Å². The number of rotatable bonds is 5. The van der Waals surface area contributed by atoms with Crippen LogP contribution in [-0.4, -0.2) is 28.5 Å². The van der Waals surface area contributed by atoms with E-state index in [-0.39, 0.29) is 4.91 Å². The molecule has 2 aromatic carbocycles. The Labute approximate surface area is 178 Å². The topological polar surface area (TPSA) is 87.8 Å². The highest BCUT2D eigenvalue weighted by Gasteiger charge is 2.42. The first-order valence-electron chi connectivity index (χ1n) is 8.98. The van der Waals surface area contributed by atoms with Crippen molar-refractivity contribution in [2.75, 3.05) is 0 Å².